The van der Waals surface area contributed by atoms with E-state index in [0.717, 1.165) is 12.8 Å². The third kappa shape index (κ3) is 2.61. The summed E-state index contributed by atoms with van der Waals surface area (Å²) in [5.41, 5.74) is 2.95. The van der Waals surface area contributed by atoms with Crippen molar-refractivity contribution in [1.82, 2.24) is 0 Å². The molecule has 0 saturated heterocycles. The predicted molar refractivity (Wildman–Crippen MR) is 80.1 cm³/mol. The Morgan fingerprint density at radius 2 is 1.80 bits per heavy atom. The fourth-order valence-electron chi connectivity index (χ4n) is 2.56. The van der Waals surface area contributed by atoms with Crippen molar-refractivity contribution in [2.75, 3.05) is 5.32 Å². The van der Waals surface area contributed by atoms with Gasteiger partial charge in [-0.3, -0.25) is 4.79 Å². The van der Waals surface area contributed by atoms with Gasteiger partial charge in [0.05, 0.1) is 4.47 Å². The molecule has 2 aromatic rings. The summed E-state index contributed by atoms with van der Waals surface area (Å²) in [6.45, 7) is 0. The fourth-order valence-corrected chi connectivity index (χ4v) is 2.81. The van der Waals surface area contributed by atoms with Crippen molar-refractivity contribution in [2.24, 2.45) is 5.92 Å². The van der Waals surface area contributed by atoms with Crippen molar-refractivity contribution in [3.63, 3.8) is 0 Å². The summed E-state index contributed by atoms with van der Waals surface area (Å²) >= 11 is 3.09. The summed E-state index contributed by atoms with van der Waals surface area (Å²) in [6.07, 6.45) is 1.50. The van der Waals surface area contributed by atoms with E-state index in [1.807, 2.05) is 12.1 Å². The number of carbonyl (C=O) groups excluding carboxylic acids is 1. The average Bonchev–Trinajstić information content (AvgIpc) is 2.87. The van der Waals surface area contributed by atoms with Crippen molar-refractivity contribution < 1.29 is 9.18 Å². The maximum Gasteiger partial charge on any atom is 0.228 e. The number of hydrogen-bond donors (Lipinski definition) is 1. The van der Waals surface area contributed by atoms with Crippen LogP contribution in [0.5, 0.6) is 0 Å². The molecule has 0 aliphatic heterocycles. The van der Waals surface area contributed by atoms with Gasteiger partial charge < -0.3 is 5.32 Å². The first-order valence-corrected chi connectivity index (χ1v) is 7.25. The minimum atomic E-state index is -0.377. The molecule has 4 heteroatoms. The normalized spacial score (nSPS) is 14.1. The SMILES string of the molecule is O=C(Nc1ccc(Br)c(F)c1)C1Cc2ccccc2C1. The molecule has 0 saturated carbocycles. The number of hydrogen-bond acceptors (Lipinski definition) is 1. The van der Waals surface area contributed by atoms with Crippen LogP contribution in [-0.4, -0.2) is 5.91 Å². The number of rotatable bonds is 2. The smallest absolute Gasteiger partial charge is 0.228 e. The molecular formula is C16H13BrFNO. The molecule has 0 fully saturated rings. The zero-order valence-corrected chi connectivity index (χ0v) is 12.3. The van der Waals surface area contributed by atoms with Gasteiger partial charge in [0.1, 0.15) is 5.82 Å². The summed E-state index contributed by atoms with van der Waals surface area (Å²) in [5, 5.41) is 2.79. The first-order chi connectivity index (χ1) is 9.63. The molecule has 0 atom stereocenters. The van der Waals surface area contributed by atoms with Crippen LogP contribution in [0.3, 0.4) is 0 Å². The van der Waals surface area contributed by atoms with Gasteiger partial charge in [-0.15, -0.1) is 0 Å². The third-order valence-corrected chi connectivity index (χ3v) is 4.25. The molecule has 1 aliphatic rings. The van der Waals surface area contributed by atoms with E-state index >= 15 is 0 Å². The molecule has 1 aliphatic carbocycles. The Hall–Kier alpha value is -1.68. The summed E-state index contributed by atoms with van der Waals surface area (Å²) in [6, 6.07) is 12.7. The Labute approximate surface area is 125 Å². The Morgan fingerprint density at radius 1 is 1.15 bits per heavy atom. The number of halogens is 2. The van der Waals surface area contributed by atoms with E-state index in [4.69, 9.17) is 0 Å². The van der Waals surface area contributed by atoms with Gasteiger partial charge in [0, 0.05) is 11.6 Å². The molecule has 20 heavy (non-hydrogen) atoms. The molecule has 2 nitrogen and oxygen atoms in total. The topological polar surface area (TPSA) is 29.1 Å². The number of amides is 1. The van der Waals surface area contributed by atoms with E-state index in [0.29, 0.717) is 10.2 Å². The molecule has 1 amide bonds. The van der Waals surface area contributed by atoms with Crippen LogP contribution in [0, 0.1) is 11.7 Å². The molecule has 2 aromatic carbocycles. The highest BCUT2D eigenvalue weighted by molar-refractivity contribution is 9.10. The summed E-state index contributed by atoms with van der Waals surface area (Å²) < 4.78 is 13.8. The Balaban J connectivity index is 1.71. The molecule has 0 bridgehead atoms. The van der Waals surface area contributed by atoms with Crippen LogP contribution in [0.4, 0.5) is 10.1 Å². The van der Waals surface area contributed by atoms with Crippen LogP contribution in [0.2, 0.25) is 0 Å². The van der Waals surface area contributed by atoms with Gasteiger partial charge in [0.15, 0.2) is 0 Å². The number of benzene rings is 2. The molecule has 3 rings (SSSR count). The van der Waals surface area contributed by atoms with Crippen molar-refractivity contribution in [2.45, 2.75) is 12.8 Å². The van der Waals surface area contributed by atoms with Gasteiger partial charge in [-0.2, -0.15) is 0 Å². The van der Waals surface area contributed by atoms with Gasteiger partial charge in [-0.25, -0.2) is 4.39 Å². The van der Waals surface area contributed by atoms with E-state index in [1.54, 1.807) is 12.1 Å². The maximum absolute atomic E-state index is 13.4. The quantitative estimate of drug-likeness (QED) is 0.886. The van der Waals surface area contributed by atoms with Crippen molar-refractivity contribution in [1.29, 1.82) is 0 Å². The molecule has 0 spiro atoms. The molecule has 1 N–H and O–H groups in total. The van der Waals surface area contributed by atoms with Crippen molar-refractivity contribution in [3.05, 3.63) is 63.9 Å². The molecule has 0 heterocycles. The highest BCUT2D eigenvalue weighted by atomic mass is 79.9. The highest BCUT2D eigenvalue weighted by Gasteiger charge is 2.27. The Bertz CT molecular complexity index is 646. The summed E-state index contributed by atoms with van der Waals surface area (Å²) in [4.78, 5) is 12.2. The van der Waals surface area contributed by atoms with Crippen molar-refractivity contribution in [3.8, 4) is 0 Å². The van der Waals surface area contributed by atoms with E-state index in [1.165, 1.54) is 17.2 Å². The molecule has 102 valence electrons. The largest absolute Gasteiger partial charge is 0.326 e. The first kappa shape index (κ1) is 13.3. The minimum absolute atomic E-state index is 0.0528. The second kappa shape index (κ2) is 5.37. The lowest BCUT2D eigenvalue weighted by Gasteiger charge is -2.10. The van der Waals surface area contributed by atoms with Crippen LogP contribution in [-0.2, 0) is 17.6 Å². The lowest BCUT2D eigenvalue weighted by Crippen LogP contribution is -2.23. The van der Waals surface area contributed by atoms with Crippen molar-refractivity contribution >= 4 is 27.5 Å². The first-order valence-electron chi connectivity index (χ1n) is 6.46. The minimum Gasteiger partial charge on any atom is -0.326 e. The lowest BCUT2D eigenvalue weighted by molar-refractivity contribution is -0.119. The molecule has 0 aromatic heterocycles. The fraction of sp³-hybridized carbons (Fsp3) is 0.188. The van der Waals surface area contributed by atoms with Gasteiger partial charge in [0.2, 0.25) is 5.91 Å². The van der Waals surface area contributed by atoms with E-state index in [-0.39, 0.29) is 17.6 Å². The lowest BCUT2D eigenvalue weighted by atomic mass is 10.1. The number of nitrogens with one attached hydrogen (secondary N) is 1. The molecule has 0 radical (unpaired) electrons. The van der Waals surface area contributed by atoms with Crippen LogP contribution >= 0.6 is 15.9 Å². The Kier molecular flexibility index (Phi) is 3.57. The highest BCUT2D eigenvalue weighted by Crippen LogP contribution is 2.28. The summed E-state index contributed by atoms with van der Waals surface area (Å²) in [5.74, 6) is -0.500. The van der Waals surface area contributed by atoms with Gasteiger partial charge >= 0.3 is 0 Å². The second-order valence-corrected chi connectivity index (χ2v) is 5.85. The van der Waals surface area contributed by atoms with E-state index < -0.39 is 0 Å². The average molecular weight is 334 g/mol. The zero-order chi connectivity index (χ0) is 14.1. The van der Waals surface area contributed by atoms with Gasteiger partial charge in [0.25, 0.3) is 0 Å². The number of carbonyl (C=O) groups is 1. The molecule has 0 unspecified atom stereocenters. The van der Waals surface area contributed by atoms with Crippen LogP contribution in [0.15, 0.2) is 46.9 Å². The monoisotopic (exact) mass is 333 g/mol. The van der Waals surface area contributed by atoms with Crippen LogP contribution in [0.25, 0.3) is 0 Å². The van der Waals surface area contributed by atoms with Gasteiger partial charge in [-0.1, -0.05) is 24.3 Å². The van der Waals surface area contributed by atoms with Gasteiger partial charge in [-0.05, 0) is 58.1 Å². The summed E-state index contributed by atoms with van der Waals surface area (Å²) in [7, 11) is 0. The maximum atomic E-state index is 13.4. The van der Waals surface area contributed by atoms with Crippen LogP contribution < -0.4 is 5.32 Å². The van der Waals surface area contributed by atoms with E-state index in [2.05, 4.69) is 33.4 Å². The van der Waals surface area contributed by atoms with Crippen LogP contribution in [0.1, 0.15) is 11.1 Å². The number of fused-ring (bicyclic) bond motifs is 1. The second-order valence-electron chi connectivity index (χ2n) is 4.99. The Morgan fingerprint density at radius 3 is 2.40 bits per heavy atom. The standard InChI is InChI=1S/C16H13BrFNO/c17-14-6-5-13(9-15(14)18)19-16(20)12-7-10-3-1-2-4-11(10)8-12/h1-6,9,12H,7-8H2,(H,19,20). The third-order valence-electron chi connectivity index (χ3n) is 3.61. The predicted octanol–water partition coefficient (Wildman–Crippen LogP) is 3.94. The number of anilines is 1. The van der Waals surface area contributed by atoms with E-state index in [9.17, 15) is 9.18 Å². The molecular weight excluding hydrogens is 321 g/mol. The zero-order valence-electron chi connectivity index (χ0n) is 10.7.